The molecule has 5 heterocycles. The number of carbonyl (C=O) groups excluding carboxylic acids is 3. The molecule has 3 fully saturated rings. The zero-order chi connectivity index (χ0) is 41.4. The fraction of sp³-hybridized carbons (Fsp3) is 0.378. The summed E-state index contributed by atoms with van der Waals surface area (Å²) >= 11 is 0. The zero-order valence-corrected chi connectivity index (χ0v) is 33.7. The summed E-state index contributed by atoms with van der Waals surface area (Å²) in [6.07, 6.45) is 5.18. The van der Waals surface area contributed by atoms with E-state index < -0.39 is 18.2 Å². The highest BCUT2D eigenvalue weighted by Gasteiger charge is 2.53. The van der Waals surface area contributed by atoms with Gasteiger partial charge in [-0.2, -0.15) is 0 Å². The van der Waals surface area contributed by atoms with Gasteiger partial charge in [0, 0.05) is 19.6 Å². The molecule has 3 saturated heterocycles. The smallest absolute Gasteiger partial charge is 0.407 e. The van der Waals surface area contributed by atoms with Crippen LogP contribution in [0.25, 0.3) is 33.6 Å². The summed E-state index contributed by atoms with van der Waals surface area (Å²) in [6.45, 7) is 7.36. The molecule has 59 heavy (non-hydrogen) atoms. The summed E-state index contributed by atoms with van der Waals surface area (Å²) in [5.41, 5.74) is 6.07. The van der Waals surface area contributed by atoms with Crippen molar-refractivity contribution in [2.75, 3.05) is 26.7 Å². The van der Waals surface area contributed by atoms with Crippen LogP contribution < -0.4 is 5.32 Å². The first kappa shape index (κ1) is 39.4. The van der Waals surface area contributed by atoms with Crippen molar-refractivity contribution >= 4 is 24.0 Å². The van der Waals surface area contributed by atoms with Gasteiger partial charge in [-0.3, -0.25) is 9.59 Å². The third-order valence-corrected chi connectivity index (χ3v) is 12.0. The average molecular weight is 799 g/mol. The van der Waals surface area contributed by atoms with Crippen molar-refractivity contribution in [3.05, 3.63) is 108 Å². The molecule has 0 aliphatic carbocycles. The topological polar surface area (TPSA) is 177 Å². The Labute approximate surface area is 343 Å². The number of hydrogen-bond donors (Lipinski definition) is 4. The fourth-order valence-corrected chi connectivity index (χ4v) is 9.09. The van der Waals surface area contributed by atoms with E-state index in [0.717, 1.165) is 65.1 Å². The second-order valence-electron chi connectivity index (χ2n) is 16.7. The Morgan fingerprint density at radius 2 is 1.25 bits per heavy atom. The van der Waals surface area contributed by atoms with Crippen LogP contribution in [0, 0.1) is 11.3 Å². The maximum Gasteiger partial charge on any atom is 0.407 e. The number of methoxy groups -OCH3 is 1. The minimum Gasteiger partial charge on any atom is -0.465 e. The fourth-order valence-electron chi connectivity index (χ4n) is 9.09. The van der Waals surface area contributed by atoms with Crippen molar-refractivity contribution in [1.29, 1.82) is 0 Å². The maximum absolute atomic E-state index is 13.9. The van der Waals surface area contributed by atoms with Crippen LogP contribution in [0.15, 0.2) is 91.3 Å². The normalized spacial score (nSPS) is 20.9. The van der Waals surface area contributed by atoms with Gasteiger partial charge in [0.1, 0.15) is 17.7 Å². The summed E-state index contributed by atoms with van der Waals surface area (Å²) in [5.74, 6) is 0.866. The number of hydrogen-bond acceptors (Lipinski definition) is 7. The van der Waals surface area contributed by atoms with E-state index in [9.17, 15) is 24.3 Å². The number of aromatic amines is 2. The molecule has 2 unspecified atom stereocenters. The predicted octanol–water partition coefficient (Wildman–Crippen LogP) is 7.58. The molecule has 306 valence electrons. The number of imidazole rings is 2. The predicted molar refractivity (Wildman–Crippen MR) is 221 cm³/mol. The van der Waals surface area contributed by atoms with Gasteiger partial charge in [-0.1, -0.05) is 99.6 Å². The van der Waals surface area contributed by atoms with E-state index in [1.165, 1.54) is 12.0 Å². The quantitative estimate of drug-likeness (QED) is 0.118. The first-order chi connectivity index (χ1) is 28.4. The Bertz CT molecular complexity index is 2320. The standard InChI is InChI=1S/C45H50N8O6/c1-45(2,3)38-32(26-53(38)44(57)58)41(54)51-22-8-12-35(51)39-46-24-33(48-39)29-18-14-27(15-19-29)28-16-20-30(21-17-28)34-25-47-40(49-34)36-13-9-23-52(36)42(55)37(50-43(56)59-4)31-10-6-5-7-11-31/h5-7,10-11,14-21,24-25,32,35-38H,8-9,12-13,22-23,26H2,1-4H3,(H,46,48)(H,47,49)(H,50,56)(H,57,58)/t32?,35-,36-,37+,38?/m0/s1. The Kier molecular flexibility index (Phi) is 10.7. The Morgan fingerprint density at radius 3 is 1.76 bits per heavy atom. The molecule has 5 aromatic rings. The highest BCUT2D eigenvalue weighted by molar-refractivity contribution is 5.87. The van der Waals surface area contributed by atoms with Crippen molar-refractivity contribution in [2.24, 2.45) is 11.3 Å². The molecule has 3 aliphatic heterocycles. The van der Waals surface area contributed by atoms with Gasteiger partial charge in [0.2, 0.25) is 5.91 Å². The molecule has 5 atom stereocenters. The van der Waals surface area contributed by atoms with E-state index in [1.54, 1.807) is 11.1 Å². The average Bonchev–Trinajstić information content (AvgIpc) is 4.06. The number of H-pyrrole nitrogens is 2. The van der Waals surface area contributed by atoms with Crippen LogP contribution in [0.5, 0.6) is 0 Å². The molecule has 0 spiro atoms. The van der Waals surface area contributed by atoms with Gasteiger partial charge in [-0.15, -0.1) is 0 Å². The number of nitrogens with zero attached hydrogens (tertiary/aromatic N) is 5. The van der Waals surface area contributed by atoms with Crippen molar-refractivity contribution in [2.45, 2.75) is 70.6 Å². The Hall–Kier alpha value is -6.44. The van der Waals surface area contributed by atoms with Crippen LogP contribution in [0.2, 0.25) is 0 Å². The molecule has 4 amide bonds. The molecule has 8 rings (SSSR count). The van der Waals surface area contributed by atoms with Crippen molar-refractivity contribution < 1.29 is 29.0 Å². The van der Waals surface area contributed by atoms with E-state index in [1.807, 2.05) is 74.3 Å². The van der Waals surface area contributed by atoms with Crippen LogP contribution in [-0.4, -0.2) is 96.5 Å². The largest absolute Gasteiger partial charge is 0.465 e. The monoisotopic (exact) mass is 798 g/mol. The lowest BCUT2D eigenvalue weighted by molar-refractivity contribution is -0.150. The lowest BCUT2D eigenvalue weighted by Gasteiger charge is -2.52. The molecule has 3 aliphatic rings. The molecule has 3 aromatic carbocycles. The Morgan fingerprint density at radius 1 is 0.746 bits per heavy atom. The number of carboxylic acid groups (broad SMARTS) is 1. The molecule has 2 aromatic heterocycles. The number of alkyl carbamates (subject to hydrolysis) is 1. The maximum atomic E-state index is 13.9. The molecule has 0 saturated carbocycles. The van der Waals surface area contributed by atoms with Gasteiger partial charge in [-0.25, -0.2) is 19.6 Å². The van der Waals surface area contributed by atoms with Crippen LogP contribution in [0.3, 0.4) is 0 Å². The van der Waals surface area contributed by atoms with E-state index in [-0.39, 0.29) is 47.8 Å². The van der Waals surface area contributed by atoms with E-state index in [0.29, 0.717) is 24.5 Å². The summed E-state index contributed by atoms with van der Waals surface area (Å²) in [5, 5.41) is 12.4. The van der Waals surface area contributed by atoms with E-state index >= 15 is 0 Å². The van der Waals surface area contributed by atoms with Crippen LogP contribution in [0.1, 0.15) is 81.8 Å². The zero-order valence-electron chi connectivity index (χ0n) is 33.7. The molecule has 14 heteroatoms. The summed E-state index contributed by atoms with van der Waals surface area (Å²) < 4.78 is 4.83. The molecule has 0 radical (unpaired) electrons. The van der Waals surface area contributed by atoms with Gasteiger partial charge < -0.3 is 39.8 Å². The molecular formula is C45H50N8O6. The number of likely N-dealkylation sites (tertiary alicyclic amines) is 3. The number of amides is 4. The third kappa shape index (κ3) is 7.78. The van der Waals surface area contributed by atoms with Crippen molar-refractivity contribution in [3.63, 3.8) is 0 Å². The number of aromatic nitrogens is 4. The van der Waals surface area contributed by atoms with Crippen LogP contribution >= 0.6 is 0 Å². The van der Waals surface area contributed by atoms with Crippen molar-refractivity contribution in [1.82, 2.24) is 40.0 Å². The number of ether oxygens (including phenoxy) is 1. The van der Waals surface area contributed by atoms with Gasteiger partial charge in [0.15, 0.2) is 0 Å². The first-order valence-electron chi connectivity index (χ1n) is 20.2. The minimum absolute atomic E-state index is 0.00206. The van der Waals surface area contributed by atoms with Crippen LogP contribution in [-0.2, 0) is 14.3 Å². The van der Waals surface area contributed by atoms with Gasteiger partial charge in [0.25, 0.3) is 5.91 Å². The van der Waals surface area contributed by atoms with Crippen molar-refractivity contribution in [3.8, 4) is 33.6 Å². The first-order valence-corrected chi connectivity index (χ1v) is 20.2. The second kappa shape index (κ2) is 16.1. The van der Waals surface area contributed by atoms with Gasteiger partial charge in [0.05, 0.1) is 54.9 Å². The summed E-state index contributed by atoms with van der Waals surface area (Å²) in [7, 11) is 1.28. The number of benzene rings is 3. The molecular weight excluding hydrogens is 749 g/mol. The van der Waals surface area contributed by atoms with Gasteiger partial charge >= 0.3 is 12.2 Å². The van der Waals surface area contributed by atoms with E-state index in [4.69, 9.17) is 14.7 Å². The lowest BCUT2D eigenvalue weighted by atomic mass is 9.71. The van der Waals surface area contributed by atoms with Crippen LogP contribution in [0.4, 0.5) is 9.59 Å². The highest BCUT2D eigenvalue weighted by atomic mass is 16.5. The van der Waals surface area contributed by atoms with Gasteiger partial charge in [-0.05, 0) is 58.9 Å². The Balaban J connectivity index is 0.918. The second-order valence-corrected chi connectivity index (χ2v) is 16.7. The molecule has 4 N–H and O–H groups in total. The summed E-state index contributed by atoms with van der Waals surface area (Å²) in [4.78, 5) is 73.1. The number of rotatable bonds is 9. The van der Waals surface area contributed by atoms with E-state index in [2.05, 4.69) is 51.7 Å². The highest BCUT2D eigenvalue weighted by Crippen LogP contribution is 2.42. The third-order valence-electron chi connectivity index (χ3n) is 12.0. The molecule has 14 nitrogen and oxygen atoms in total. The minimum atomic E-state index is -0.982. The summed E-state index contributed by atoms with van der Waals surface area (Å²) in [6, 6.07) is 24.0. The SMILES string of the molecule is COC(=O)N[C@@H](C(=O)N1CCC[C@H]1c1ncc(-c2ccc(-c3ccc(-c4cnc([C@@H]5CCCN5C(=O)C5CN(C(=O)O)C5C(C)(C)C)[nH]4)cc3)cc2)[nH]1)c1ccccc1. The number of nitrogens with one attached hydrogen (secondary N) is 3. The number of carbonyl (C=O) groups is 4. The molecule has 0 bridgehead atoms. The lowest BCUT2D eigenvalue weighted by Crippen LogP contribution is -2.67.